The van der Waals surface area contributed by atoms with Crippen LogP contribution in [0.4, 0.5) is 4.79 Å². The zero-order valence-corrected chi connectivity index (χ0v) is 14.1. The van der Waals surface area contributed by atoms with Crippen molar-refractivity contribution in [1.82, 2.24) is 15.1 Å². The SMILES string of the molecule is CCN1CCCCC1CNC(=O)N1C[C@@H]2CCC[C@@]2(C(=O)O)C1. The molecule has 3 atom stereocenters. The zero-order valence-electron chi connectivity index (χ0n) is 14.1. The van der Waals surface area contributed by atoms with Crippen LogP contribution in [-0.4, -0.2) is 65.7 Å². The molecule has 0 aromatic rings. The first-order valence-corrected chi connectivity index (χ1v) is 9.07. The van der Waals surface area contributed by atoms with Crippen LogP contribution in [0.5, 0.6) is 0 Å². The molecule has 1 aliphatic carbocycles. The average molecular weight is 323 g/mol. The molecule has 2 N–H and O–H groups in total. The lowest BCUT2D eigenvalue weighted by molar-refractivity contribution is -0.149. The highest BCUT2D eigenvalue weighted by atomic mass is 16.4. The van der Waals surface area contributed by atoms with Crippen LogP contribution in [0.3, 0.4) is 0 Å². The third-order valence-electron chi connectivity index (χ3n) is 6.23. The summed E-state index contributed by atoms with van der Waals surface area (Å²) in [6, 6.07) is 0.342. The van der Waals surface area contributed by atoms with Gasteiger partial charge in [-0.25, -0.2) is 4.79 Å². The molecule has 0 aromatic heterocycles. The van der Waals surface area contributed by atoms with Crippen LogP contribution in [0.15, 0.2) is 0 Å². The quantitative estimate of drug-likeness (QED) is 0.827. The fourth-order valence-corrected chi connectivity index (χ4v) is 4.82. The van der Waals surface area contributed by atoms with E-state index in [1.165, 1.54) is 12.8 Å². The van der Waals surface area contributed by atoms with Crippen molar-refractivity contribution in [3.8, 4) is 0 Å². The predicted molar refractivity (Wildman–Crippen MR) is 87.3 cm³/mol. The number of likely N-dealkylation sites (N-methyl/N-ethyl adjacent to an activating group) is 1. The Morgan fingerprint density at radius 2 is 2.09 bits per heavy atom. The number of amides is 2. The lowest BCUT2D eigenvalue weighted by atomic mass is 9.81. The minimum Gasteiger partial charge on any atom is -0.481 e. The largest absolute Gasteiger partial charge is 0.481 e. The van der Waals surface area contributed by atoms with Gasteiger partial charge in [-0.1, -0.05) is 19.8 Å². The highest BCUT2D eigenvalue weighted by molar-refractivity contribution is 5.80. The molecule has 1 unspecified atom stereocenters. The number of carboxylic acid groups (broad SMARTS) is 1. The number of likely N-dealkylation sites (tertiary alicyclic amines) is 2. The number of piperidine rings is 1. The van der Waals surface area contributed by atoms with Gasteiger partial charge in [0.1, 0.15) is 0 Å². The normalized spacial score (nSPS) is 34.4. The van der Waals surface area contributed by atoms with Gasteiger partial charge in [-0.15, -0.1) is 0 Å². The molecular weight excluding hydrogens is 294 g/mol. The van der Waals surface area contributed by atoms with Gasteiger partial charge >= 0.3 is 12.0 Å². The van der Waals surface area contributed by atoms with E-state index in [1.54, 1.807) is 4.90 Å². The Balaban J connectivity index is 1.54. The Kier molecular flexibility index (Phi) is 4.80. The van der Waals surface area contributed by atoms with E-state index in [0.29, 0.717) is 32.1 Å². The second kappa shape index (κ2) is 6.67. The van der Waals surface area contributed by atoms with Crippen LogP contribution >= 0.6 is 0 Å². The molecule has 2 amide bonds. The topological polar surface area (TPSA) is 72.9 Å². The number of hydrogen-bond acceptors (Lipinski definition) is 3. The van der Waals surface area contributed by atoms with Gasteiger partial charge < -0.3 is 15.3 Å². The van der Waals surface area contributed by atoms with Crippen molar-refractivity contribution in [2.45, 2.75) is 51.5 Å². The van der Waals surface area contributed by atoms with Gasteiger partial charge in [0.25, 0.3) is 0 Å². The van der Waals surface area contributed by atoms with Gasteiger partial charge in [-0.05, 0) is 44.7 Å². The summed E-state index contributed by atoms with van der Waals surface area (Å²) in [6.07, 6.45) is 6.22. The number of carboxylic acids is 1. The first-order valence-electron chi connectivity index (χ1n) is 9.07. The smallest absolute Gasteiger partial charge is 0.317 e. The van der Waals surface area contributed by atoms with Crippen LogP contribution in [0.1, 0.15) is 45.4 Å². The lowest BCUT2D eigenvalue weighted by Gasteiger charge is -2.35. The summed E-state index contributed by atoms with van der Waals surface area (Å²) in [6.45, 7) is 5.95. The van der Waals surface area contributed by atoms with Crippen molar-refractivity contribution < 1.29 is 14.7 Å². The van der Waals surface area contributed by atoms with Gasteiger partial charge in [0, 0.05) is 25.7 Å². The second-order valence-electron chi connectivity index (χ2n) is 7.40. The molecule has 23 heavy (non-hydrogen) atoms. The number of nitrogens with zero attached hydrogens (tertiary/aromatic N) is 2. The molecule has 2 aliphatic heterocycles. The number of carbonyl (C=O) groups excluding carboxylic acids is 1. The molecule has 6 nitrogen and oxygen atoms in total. The highest BCUT2D eigenvalue weighted by Gasteiger charge is 2.55. The van der Waals surface area contributed by atoms with Crippen LogP contribution < -0.4 is 5.32 Å². The maximum atomic E-state index is 12.5. The summed E-state index contributed by atoms with van der Waals surface area (Å²) >= 11 is 0. The maximum Gasteiger partial charge on any atom is 0.317 e. The molecule has 3 aliphatic rings. The summed E-state index contributed by atoms with van der Waals surface area (Å²) in [5.74, 6) is -0.590. The summed E-state index contributed by atoms with van der Waals surface area (Å²) in [5.41, 5.74) is -0.683. The number of hydrogen-bond donors (Lipinski definition) is 2. The summed E-state index contributed by atoms with van der Waals surface area (Å²) in [5, 5.41) is 12.7. The van der Waals surface area contributed by atoms with Crippen LogP contribution in [0, 0.1) is 11.3 Å². The van der Waals surface area contributed by atoms with E-state index in [-0.39, 0.29) is 11.9 Å². The number of nitrogens with one attached hydrogen (secondary N) is 1. The van der Waals surface area contributed by atoms with Gasteiger partial charge in [0.15, 0.2) is 0 Å². The molecule has 0 bridgehead atoms. The summed E-state index contributed by atoms with van der Waals surface area (Å²) in [4.78, 5) is 28.3. The monoisotopic (exact) mass is 323 g/mol. The van der Waals surface area contributed by atoms with Crippen molar-refractivity contribution >= 4 is 12.0 Å². The Morgan fingerprint density at radius 3 is 2.78 bits per heavy atom. The number of rotatable bonds is 4. The minimum absolute atomic E-state index is 0.0818. The molecule has 0 spiro atoms. The van der Waals surface area contributed by atoms with Crippen LogP contribution in [0.2, 0.25) is 0 Å². The third-order valence-corrected chi connectivity index (χ3v) is 6.23. The van der Waals surface area contributed by atoms with Gasteiger partial charge in [-0.2, -0.15) is 0 Å². The maximum absolute atomic E-state index is 12.5. The Bertz CT molecular complexity index is 470. The van der Waals surface area contributed by atoms with E-state index in [4.69, 9.17) is 0 Å². The molecule has 2 saturated heterocycles. The van der Waals surface area contributed by atoms with E-state index in [0.717, 1.165) is 32.4 Å². The van der Waals surface area contributed by atoms with Crippen molar-refractivity contribution in [1.29, 1.82) is 0 Å². The van der Waals surface area contributed by atoms with Crippen molar-refractivity contribution in [2.75, 3.05) is 32.7 Å². The van der Waals surface area contributed by atoms with Crippen LogP contribution in [0.25, 0.3) is 0 Å². The fourth-order valence-electron chi connectivity index (χ4n) is 4.82. The Labute approximate surface area is 138 Å². The van der Waals surface area contributed by atoms with Crippen molar-refractivity contribution in [3.63, 3.8) is 0 Å². The average Bonchev–Trinajstić information content (AvgIpc) is 3.11. The Hall–Kier alpha value is -1.30. The van der Waals surface area contributed by atoms with E-state index < -0.39 is 11.4 Å². The van der Waals surface area contributed by atoms with Crippen molar-refractivity contribution in [2.24, 2.45) is 11.3 Å². The number of aliphatic carboxylic acids is 1. The molecule has 0 radical (unpaired) electrons. The zero-order chi connectivity index (χ0) is 16.4. The predicted octanol–water partition coefficient (Wildman–Crippen LogP) is 1.76. The minimum atomic E-state index is -0.722. The second-order valence-corrected chi connectivity index (χ2v) is 7.40. The van der Waals surface area contributed by atoms with Crippen LogP contribution in [-0.2, 0) is 4.79 Å². The van der Waals surface area contributed by atoms with Crippen molar-refractivity contribution in [3.05, 3.63) is 0 Å². The first-order chi connectivity index (χ1) is 11.1. The number of urea groups is 1. The molecule has 3 rings (SSSR count). The first kappa shape index (κ1) is 16.6. The van der Waals surface area contributed by atoms with E-state index in [1.807, 2.05) is 0 Å². The van der Waals surface area contributed by atoms with Gasteiger partial charge in [0.05, 0.1) is 5.41 Å². The fraction of sp³-hybridized carbons (Fsp3) is 0.882. The molecule has 2 heterocycles. The molecule has 0 aromatic carbocycles. The van der Waals surface area contributed by atoms with Gasteiger partial charge in [0.2, 0.25) is 0 Å². The molecular formula is C17H29N3O3. The number of carbonyl (C=O) groups is 2. The summed E-state index contributed by atoms with van der Waals surface area (Å²) < 4.78 is 0. The summed E-state index contributed by atoms with van der Waals surface area (Å²) in [7, 11) is 0. The van der Waals surface area contributed by atoms with E-state index >= 15 is 0 Å². The standard InChI is InChI=1S/C17H29N3O3/c1-2-19-9-4-3-7-14(19)10-18-16(23)20-11-13-6-5-8-17(13,12-20)15(21)22/h13-14H,2-12H2,1H3,(H,18,23)(H,21,22)/t13-,14?,17+/m0/s1. The lowest BCUT2D eigenvalue weighted by Crippen LogP contribution is -2.49. The van der Waals surface area contributed by atoms with Gasteiger partial charge in [-0.3, -0.25) is 9.69 Å². The molecule has 1 saturated carbocycles. The molecule has 130 valence electrons. The number of fused-ring (bicyclic) bond motifs is 1. The molecule has 3 fully saturated rings. The van der Waals surface area contributed by atoms with E-state index in [9.17, 15) is 14.7 Å². The third kappa shape index (κ3) is 3.05. The Morgan fingerprint density at radius 1 is 1.26 bits per heavy atom. The van der Waals surface area contributed by atoms with E-state index in [2.05, 4.69) is 17.1 Å². The molecule has 6 heteroatoms. The highest BCUT2D eigenvalue weighted by Crippen LogP contribution is 2.48.